The number of benzene rings is 1. The molecule has 1 atom stereocenters. The number of carbonyl (C=O) groups is 1. The molecule has 2 rings (SSSR count). The maximum Gasteiger partial charge on any atom is 0.287 e. The standard InChI is InChI=1S/C17H22BrN3O2/c1-20(2)13-7-5-12(6-8-13)14(21(3)4)11-19-17(22)15-9-10-16(18)23-15/h5-10,14H,11H2,1-4H3,(H,19,22). The predicted molar refractivity (Wildman–Crippen MR) is 95.9 cm³/mol. The monoisotopic (exact) mass is 379 g/mol. The van der Waals surface area contributed by atoms with Crippen molar-refractivity contribution in [1.82, 2.24) is 10.2 Å². The Bertz CT molecular complexity index is 650. The van der Waals surface area contributed by atoms with Crippen LogP contribution in [0.15, 0.2) is 45.5 Å². The smallest absolute Gasteiger partial charge is 0.287 e. The van der Waals surface area contributed by atoms with Gasteiger partial charge in [-0.2, -0.15) is 0 Å². The molecular weight excluding hydrogens is 358 g/mol. The van der Waals surface area contributed by atoms with E-state index in [0.717, 1.165) is 11.3 Å². The number of hydrogen-bond donors (Lipinski definition) is 1. The predicted octanol–water partition coefficient (Wildman–Crippen LogP) is 3.14. The van der Waals surface area contributed by atoms with Crippen LogP contribution in [0.2, 0.25) is 0 Å². The minimum absolute atomic E-state index is 0.0913. The van der Waals surface area contributed by atoms with Crippen molar-refractivity contribution in [3.63, 3.8) is 0 Å². The molecule has 5 nitrogen and oxygen atoms in total. The van der Waals surface area contributed by atoms with Gasteiger partial charge in [0.1, 0.15) is 0 Å². The third kappa shape index (κ3) is 4.59. The van der Waals surface area contributed by atoms with Crippen LogP contribution < -0.4 is 10.2 Å². The fraction of sp³-hybridized carbons (Fsp3) is 0.353. The Morgan fingerprint density at radius 2 is 1.78 bits per heavy atom. The molecule has 0 aliphatic carbocycles. The summed E-state index contributed by atoms with van der Waals surface area (Å²) in [6, 6.07) is 11.8. The number of carbonyl (C=O) groups excluding carboxylic acids is 1. The van der Waals surface area contributed by atoms with E-state index in [-0.39, 0.29) is 11.9 Å². The molecule has 23 heavy (non-hydrogen) atoms. The molecule has 1 amide bonds. The van der Waals surface area contributed by atoms with Crippen LogP contribution in [-0.4, -0.2) is 45.5 Å². The highest BCUT2D eigenvalue weighted by Gasteiger charge is 2.17. The lowest BCUT2D eigenvalue weighted by Gasteiger charge is -2.25. The van der Waals surface area contributed by atoms with E-state index in [1.165, 1.54) is 0 Å². The van der Waals surface area contributed by atoms with Crippen LogP contribution in [0.4, 0.5) is 5.69 Å². The van der Waals surface area contributed by atoms with Crippen molar-refractivity contribution in [2.24, 2.45) is 0 Å². The number of nitrogens with zero attached hydrogens (tertiary/aromatic N) is 2. The van der Waals surface area contributed by atoms with Crippen LogP contribution in [0.3, 0.4) is 0 Å². The van der Waals surface area contributed by atoms with Crippen molar-refractivity contribution in [2.75, 3.05) is 39.6 Å². The van der Waals surface area contributed by atoms with Crippen molar-refractivity contribution >= 4 is 27.5 Å². The number of nitrogens with one attached hydrogen (secondary N) is 1. The Hall–Kier alpha value is -1.79. The van der Waals surface area contributed by atoms with Gasteiger partial charge in [0.25, 0.3) is 5.91 Å². The summed E-state index contributed by atoms with van der Waals surface area (Å²) in [5.41, 5.74) is 2.30. The number of amides is 1. The molecule has 0 bridgehead atoms. The molecule has 0 radical (unpaired) electrons. The molecule has 0 aliphatic heterocycles. The van der Waals surface area contributed by atoms with Gasteiger partial charge >= 0.3 is 0 Å². The van der Waals surface area contributed by atoms with Gasteiger partial charge in [-0.05, 0) is 59.9 Å². The van der Waals surface area contributed by atoms with Gasteiger partial charge in [-0.3, -0.25) is 4.79 Å². The van der Waals surface area contributed by atoms with Crippen LogP contribution in [0.1, 0.15) is 22.2 Å². The third-order valence-corrected chi connectivity index (χ3v) is 4.10. The molecule has 0 fully saturated rings. The first kappa shape index (κ1) is 17.6. The van der Waals surface area contributed by atoms with Crippen molar-refractivity contribution in [2.45, 2.75) is 6.04 Å². The number of hydrogen-bond acceptors (Lipinski definition) is 4. The second kappa shape index (κ2) is 7.66. The Kier molecular flexibility index (Phi) is 5.85. The van der Waals surface area contributed by atoms with Crippen molar-refractivity contribution < 1.29 is 9.21 Å². The van der Waals surface area contributed by atoms with E-state index in [9.17, 15) is 4.79 Å². The van der Waals surface area contributed by atoms with Gasteiger partial charge in [0.05, 0.1) is 6.04 Å². The summed E-state index contributed by atoms with van der Waals surface area (Å²) in [7, 11) is 8.03. The third-order valence-electron chi connectivity index (χ3n) is 3.67. The van der Waals surface area contributed by atoms with Crippen molar-refractivity contribution in [3.8, 4) is 0 Å². The Morgan fingerprint density at radius 3 is 2.26 bits per heavy atom. The molecule has 2 aromatic rings. The molecule has 6 heteroatoms. The fourth-order valence-corrected chi connectivity index (χ4v) is 2.61. The lowest BCUT2D eigenvalue weighted by atomic mass is 10.1. The molecule has 1 heterocycles. The Balaban J connectivity index is 2.05. The van der Waals surface area contributed by atoms with E-state index in [4.69, 9.17) is 4.42 Å². The van der Waals surface area contributed by atoms with Crippen LogP contribution in [0.5, 0.6) is 0 Å². The lowest BCUT2D eigenvalue weighted by molar-refractivity contribution is 0.0913. The molecule has 0 saturated heterocycles. The summed E-state index contributed by atoms with van der Waals surface area (Å²) in [4.78, 5) is 16.3. The highest BCUT2D eigenvalue weighted by atomic mass is 79.9. The zero-order chi connectivity index (χ0) is 17.0. The first-order valence-electron chi connectivity index (χ1n) is 7.35. The fourth-order valence-electron chi connectivity index (χ4n) is 2.31. The summed E-state index contributed by atoms with van der Waals surface area (Å²) in [6.07, 6.45) is 0. The van der Waals surface area contributed by atoms with E-state index in [1.54, 1.807) is 12.1 Å². The van der Waals surface area contributed by atoms with Gasteiger partial charge in [0.2, 0.25) is 0 Å². The molecule has 0 aliphatic rings. The largest absolute Gasteiger partial charge is 0.444 e. The number of halogens is 1. The van der Waals surface area contributed by atoms with E-state index >= 15 is 0 Å². The summed E-state index contributed by atoms with van der Waals surface area (Å²) in [5, 5.41) is 2.92. The topological polar surface area (TPSA) is 48.7 Å². The SMILES string of the molecule is CN(C)c1ccc(C(CNC(=O)c2ccc(Br)o2)N(C)C)cc1. The average molecular weight is 380 g/mol. The highest BCUT2D eigenvalue weighted by Crippen LogP contribution is 2.21. The minimum Gasteiger partial charge on any atom is -0.444 e. The van der Waals surface area contributed by atoms with Crippen molar-refractivity contribution in [1.29, 1.82) is 0 Å². The van der Waals surface area contributed by atoms with Gasteiger partial charge in [-0.25, -0.2) is 0 Å². The van der Waals surface area contributed by atoms with Crippen LogP contribution in [-0.2, 0) is 0 Å². The zero-order valence-corrected chi connectivity index (χ0v) is 15.4. The molecule has 124 valence electrons. The molecule has 0 saturated carbocycles. The quantitative estimate of drug-likeness (QED) is 0.837. The second-order valence-corrected chi connectivity index (χ2v) is 6.56. The summed E-state index contributed by atoms with van der Waals surface area (Å²) >= 11 is 3.20. The van der Waals surface area contributed by atoms with Crippen LogP contribution >= 0.6 is 15.9 Å². The molecule has 1 unspecified atom stereocenters. The van der Waals surface area contributed by atoms with Crippen LogP contribution in [0.25, 0.3) is 0 Å². The number of furan rings is 1. The number of anilines is 1. The van der Waals surface area contributed by atoms with Gasteiger partial charge in [0, 0.05) is 26.3 Å². The summed E-state index contributed by atoms with van der Waals surface area (Å²) < 4.78 is 5.82. The summed E-state index contributed by atoms with van der Waals surface area (Å²) in [6.45, 7) is 0.505. The van der Waals surface area contributed by atoms with Crippen molar-refractivity contribution in [3.05, 3.63) is 52.4 Å². The summed E-state index contributed by atoms with van der Waals surface area (Å²) in [5.74, 6) is 0.0878. The molecule has 0 spiro atoms. The van der Waals surface area contributed by atoms with E-state index in [1.807, 2.05) is 28.2 Å². The van der Waals surface area contributed by atoms with Crippen LogP contribution in [0, 0.1) is 0 Å². The van der Waals surface area contributed by atoms with E-state index in [0.29, 0.717) is 17.0 Å². The maximum absolute atomic E-state index is 12.1. The van der Waals surface area contributed by atoms with E-state index < -0.39 is 0 Å². The average Bonchev–Trinajstić information content (AvgIpc) is 2.94. The lowest BCUT2D eigenvalue weighted by Crippen LogP contribution is -2.34. The first-order chi connectivity index (χ1) is 10.9. The number of likely N-dealkylation sites (N-methyl/N-ethyl adjacent to an activating group) is 1. The van der Waals surface area contributed by atoms with Gasteiger partial charge in [-0.15, -0.1) is 0 Å². The molecule has 1 aromatic heterocycles. The number of rotatable bonds is 6. The Morgan fingerprint density at radius 1 is 1.13 bits per heavy atom. The minimum atomic E-state index is -0.215. The van der Waals surface area contributed by atoms with Gasteiger partial charge in [0.15, 0.2) is 10.4 Å². The zero-order valence-electron chi connectivity index (χ0n) is 13.8. The maximum atomic E-state index is 12.1. The van der Waals surface area contributed by atoms with E-state index in [2.05, 4.69) is 55.3 Å². The normalized spacial score (nSPS) is 12.3. The first-order valence-corrected chi connectivity index (χ1v) is 8.15. The van der Waals surface area contributed by atoms with Gasteiger partial charge in [-0.1, -0.05) is 12.1 Å². The molecule has 1 aromatic carbocycles. The molecular formula is C17H22BrN3O2. The Labute approximate surface area is 145 Å². The second-order valence-electron chi connectivity index (χ2n) is 5.78. The van der Waals surface area contributed by atoms with Gasteiger partial charge < -0.3 is 19.5 Å². The highest BCUT2D eigenvalue weighted by molar-refractivity contribution is 9.10. The molecule has 1 N–H and O–H groups in total.